The first-order valence-corrected chi connectivity index (χ1v) is 13.8. The number of amides is 2. The minimum atomic E-state index is -3.86. The number of likely N-dealkylation sites (N-methyl/N-ethyl adjacent to an activating group) is 1. The molecule has 1 fully saturated rings. The van der Waals surface area contributed by atoms with Crippen molar-refractivity contribution in [2.45, 2.75) is 69.5 Å². The van der Waals surface area contributed by atoms with E-state index in [0.29, 0.717) is 5.02 Å². The standard InChI is InChI=1S/C26H34ClN3O4S/c1-19-9-15-24(16-10-19)35(33,34)29(3)18-25(31)30(17-21-11-13-22(27)14-12-21)20(2)26(32)28-23-7-5-4-6-8-23/h9-16,20,23H,4-8,17-18H2,1-3H3,(H,28,32)/t20-/m1/s1. The number of carbonyl (C=O) groups excluding carboxylic acids is 2. The SMILES string of the molecule is Cc1ccc(S(=O)(=O)N(C)CC(=O)N(Cc2ccc(Cl)cc2)[C@H](C)C(=O)NC2CCCCC2)cc1. The van der Waals surface area contributed by atoms with Crippen molar-refractivity contribution in [1.82, 2.24) is 14.5 Å². The van der Waals surface area contributed by atoms with Crippen LogP contribution < -0.4 is 5.32 Å². The largest absolute Gasteiger partial charge is 0.352 e. The first-order valence-electron chi connectivity index (χ1n) is 11.9. The third-order valence-electron chi connectivity index (χ3n) is 6.47. The molecule has 190 valence electrons. The second-order valence-corrected chi connectivity index (χ2v) is 11.7. The second kappa shape index (κ2) is 12.0. The Kier molecular flexibility index (Phi) is 9.33. The van der Waals surface area contributed by atoms with E-state index < -0.39 is 22.0 Å². The molecule has 2 aromatic rings. The van der Waals surface area contributed by atoms with Crippen LogP contribution in [-0.4, -0.2) is 55.1 Å². The van der Waals surface area contributed by atoms with Crippen LogP contribution in [0.1, 0.15) is 50.2 Å². The van der Waals surface area contributed by atoms with Gasteiger partial charge in [0.05, 0.1) is 11.4 Å². The molecule has 1 saturated carbocycles. The van der Waals surface area contributed by atoms with Crippen molar-refractivity contribution in [2.75, 3.05) is 13.6 Å². The van der Waals surface area contributed by atoms with Crippen molar-refractivity contribution in [3.63, 3.8) is 0 Å². The highest BCUT2D eigenvalue weighted by molar-refractivity contribution is 7.89. The van der Waals surface area contributed by atoms with Crippen LogP contribution in [0.5, 0.6) is 0 Å². The van der Waals surface area contributed by atoms with Gasteiger partial charge in [-0.25, -0.2) is 8.42 Å². The molecule has 1 aliphatic rings. The van der Waals surface area contributed by atoms with E-state index in [1.54, 1.807) is 43.3 Å². The Hall–Kier alpha value is -2.42. The normalized spacial score (nSPS) is 15.6. The molecule has 2 aromatic carbocycles. The van der Waals surface area contributed by atoms with Crippen molar-refractivity contribution in [3.05, 3.63) is 64.7 Å². The number of nitrogens with zero attached hydrogens (tertiary/aromatic N) is 2. The van der Waals surface area contributed by atoms with Gasteiger partial charge in [0.2, 0.25) is 21.8 Å². The molecular weight excluding hydrogens is 486 g/mol. The third kappa shape index (κ3) is 7.29. The maximum absolute atomic E-state index is 13.4. The smallest absolute Gasteiger partial charge is 0.243 e. The highest BCUT2D eigenvalue weighted by Gasteiger charge is 2.31. The van der Waals surface area contributed by atoms with Gasteiger partial charge >= 0.3 is 0 Å². The minimum absolute atomic E-state index is 0.107. The summed E-state index contributed by atoms with van der Waals surface area (Å²) in [5.41, 5.74) is 1.73. The molecule has 0 heterocycles. The van der Waals surface area contributed by atoms with Gasteiger partial charge in [-0.2, -0.15) is 4.31 Å². The lowest BCUT2D eigenvalue weighted by atomic mass is 9.95. The van der Waals surface area contributed by atoms with E-state index >= 15 is 0 Å². The minimum Gasteiger partial charge on any atom is -0.352 e. The summed E-state index contributed by atoms with van der Waals surface area (Å²) in [6.45, 7) is 3.33. The number of aryl methyl sites for hydroxylation is 1. The molecule has 0 aromatic heterocycles. The zero-order valence-electron chi connectivity index (χ0n) is 20.5. The predicted molar refractivity (Wildman–Crippen MR) is 137 cm³/mol. The van der Waals surface area contributed by atoms with Crippen LogP contribution in [0.15, 0.2) is 53.4 Å². The van der Waals surface area contributed by atoms with E-state index in [1.165, 1.54) is 30.5 Å². The number of rotatable bonds is 9. The summed E-state index contributed by atoms with van der Waals surface area (Å²) in [6, 6.07) is 12.9. The lowest BCUT2D eigenvalue weighted by Crippen LogP contribution is -2.52. The summed E-state index contributed by atoms with van der Waals surface area (Å²) in [4.78, 5) is 28.0. The van der Waals surface area contributed by atoms with Crippen molar-refractivity contribution in [1.29, 1.82) is 0 Å². The van der Waals surface area contributed by atoms with Gasteiger partial charge in [-0.1, -0.05) is 60.7 Å². The van der Waals surface area contributed by atoms with E-state index in [-0.39, 0.29) is 29.9 Å². The van der Waals surface area contributed by atoms with Crippen molar-refractivity contribution in [3.8, 4) is 0 Å². The molecule has 0 radical (unpaired) electrons. The van der Waals surface area contributed by atoms with Gasteiger partial charge in [0.25, 0.3) is 0 Å². The van der Waals surface area contributed by atoms with Gasteiger partial charge in [-0.15, -0.1) is 0 Å². The molecule has 9 heteroatoms. The molecule has 3 rings (SSSR count). The predicted octanol–water partition coefficient (Wildman–Crippen LogP) is 4.14. The quantitative estimate of drug-likeness (QED) is 0.539. The molecule has 0 aliphatic heterocycles. The summed E-state index contributed by atoms with van der Waals surface area (Å²) in [6.07, 6.45) is 5.19. The van der Waals surface area contributed by atoms with Crippen LogP contribution in [-0.2, 0) is 26.2 Å². The molecule has 2 amide bonds. The Labute approximate surface area is 213 Å². The summed E-state index contributed by atoms with van der Waals surface area (Å²) < 4.78 is 27.1. The van der Waals surface area contributed by atoms with Gasteiger partial charge < -0.3 is 10.2 Å². The van der Waals surface area contributed by atoms with Crippen LogP contribution in [0.3, 0.4) is 0 Å². The van der Waals surface area contributed by atoms with Crippen LogP contribution in [0.2, 0.25) is 5.02 Å². The molecule has 0 unspecified atom stereocenters. The Morgan fingerprint density at radius 2 is 1.63 bits per heavy atom. The number of carbonyl (C=O) groups is 2. The summed E-state index contributed by atoms with van der Waals surface area (Å²) in [5.74, 6) is -0.687. The summed E-state index contributed by atoms with van der Waals surface area (Å²) >= 11 is 6.00. The van der Waals surface area contributed by atoms with Gasteiger partial charge in [0.15, 0.2) is 0 Å². The van der Waals surface area contributed by atoms with E-state index in [0.717, 1.165) is 41.1 Å². The zero-order valence-corrected chi connectivity index (χ0v) is 22.1. The topological polar surface area (TPSA) is 86.8 Å². The van der Waals surface area contributed by atoms with Crippen molar-refractivity contribution in [2.24, 2.45) is 0 Å². The number of hydrogen-bond acceptors (Lipinski definition) is 4. The molecular formula is C26H34ClN3O4S. The first-order chi connectivity index (χ1) is 16.6. The molecule has 0 spiro atoms. The van der Waals surface area contributed by atoms with Gasteiger partial charge in [-0.05, 0) is 56.5 Å². The first kappa shape index (κ1) is 27.2. The molecule has 1 N–H and O–H groups in total. The highest BCUT2D eigenvalue weighted by atomic mass is 35.5. The van der Waals surface area contributed by atoms with E-state index in [2.05, 4.69) is 5.32 Å². The molecule has 7 nitrogen and oxygen atoms in total. The summed E-state index contributed by atoms with van der Waals surface area (Å²) in [7, 11) is -2.49. The fourth-order valence-corrected chi connectivity index (χ4v) is 5.44. The average molecular weight is 520 g/mol. The monoisotopic (exact) mass is 519 g/mol. The van der Waals surface area contributed by atoms with E-state index in [9.17, 15) is 18.0 Å². The van der Waals surface area contributed by atoms with Crippen molar-refractivity contribution < 1.29 is 18.0 Å². The number of nitrogens with one attached hydrogen (secondary N) is 1. The zero-order chi connectivity index (χ0) is 25.6. The van der Waals surface area contributed by atoms with Gasteiger partial charge in [0, 0.05) is 24.7 Å². The second-order valence-electron chi connectivity index (χ2n) is 9.24. The Balaban J connectivity index is 1.78. The average Bonchev–Trinajstić information content (AvgIpc) is 2.84. The highest BCUT2D eigenvalue weighted by Crippen LogP contribution is 2.20. The maximum atomic E-state index is 13.4. The molecule has 0 bridgehead atoms. The fourth-order valence-electron chi connectivity index (χ4n) is 4.19. The fraction of sp³-hybridized carbons (Fsp3) is 0.462. The van der Waals surface area contributed by atoms with E-state index in [4.69, 9.17) is 11.6 Å². The number of halogens is 1. The Bertz CT molecular complexity index is 1110. The Morgan fingerprint density at radius 1 is 1.03 bits per heavy atom. The lowest BCUT2D eigenvalue weighted by molar-refractivity contribution is -0.141. The number of benzene rings is 2. The molecule has 1 atom stereocenters. The van der Waals surface area contributed by atoms with Crippen LogP contribution in [0.4, 0.5) is 0 Å². The van der Waals surface area contributed by atoms with E-state index in [1.807, 2.05) is 6.92 Å². The van der Waals surface area contributed by atoms with Gasteiger partial charge in [0.1, 0.15) is 6.04 Å². The van der Waals surface area contributed by atoms with Crippen LogP contribution in [0, 0.1) is 6.92 Å². The van der Waals surface area contributed by atoms with Crippen LogP contribution >= 0.6 is 11.6 Å². The number of sulfonamides is 1. The third-order valence-corrected chi connectivity index (χ3v) is 8.54. The molecule has 35 heavy (non-hydrogen) atoms. The van der Waals surface area contributed by atoms with Crippen LogP contribution in [0.25, 0.3) is 0 Å². The number of hydrogen-bond donors (Lipinski definition) is 1. The Morgan fingerprint density at radius 3 is 2.23 bits per heavy atom. The van der Waals surface area contributed by atoms with Gasteiger partial charge in [-0.3, -0.25) is 9.59 Å². The summed E-state index contributed by atoms with van der Waals surface area (Å²) in [5, 5.41) is 3.65. The van der Waals surface area contributed by atoms with Crippen molar-refractivity contribution >= 4 is 33.4 Å². The molecule has 1 aliphatic carbocycles. The lowest BCUT2D eigenvalue weighted by Gasteiger charge is -2.32. The molecule has 0 saturated heterocycles. The maximum Gasteiger partial charge on any atom is 0.243 e.